The average Bonchev–Trinajstić information content (AvgIpc) is 2.66. The van der Waals surface area contributed by atoms with E-state index in [0.717, 1.165) is 17.0 Å². The van der Waals surface area contributed by atoms with Gasteiger partial charge in [-0.3, -0.25) is 0 Å². The van der Waals surface area contributed by atoms with Crippen LogP contribution in [0.15, 0.2) is 4.52 Å². The zero-order chi connectivity index (χ0) is 13.5. The van der Waals surface area contributed by atoms with E-state index in [1.54, 1.807) is 0 Å². The van der Waals surface area contributed by atoms with Crippen LogP contribution in [0.2, 0.25) is 0 Å². The van der Waals surface area contributed by atoms with E-state index < -0.39 is 0 Å². The van der Waals surface area contributed by atoms with Crippen molar-refractivity contribution in [3.05, 3.63) is 17.0 Å². The van der Waals surface area contributed by atoms with Crippen LogP contribution >= 0.6 is 0 Å². The van der Waals surface area contributed by atoms with Crippen molar-refractivity contribution in [1.29, 1.82) is 0 Å². The Labute approximate surface area is 109 Å². The third-order valence-electron chi connectivity index (χ3n) is 2.82. The second kappa shape index (κ2) is 7.51. The molecule has 1 N–H and O–H groups in total. The molecule has 5 heteroatoms. The number of rotatable bonds is 8. The summed E-state index contributed by atoms with van der Waals surface area (Å²) < 4.78 is 16.1. The van der Waals surface area contributed by atoms with E-state index in [4.69, 9.17) is 14.0 Å². The first kappa shape index (κ1) is 15.1. The molecule has 0 radical (unpaired) electrons. The van der Waals surface area contributed by atoms with E-state index in [1.165, 1.54) is 0 Å². The minimum atomic E-state index is -0.206. The predicted octanol–water partition coefficient (Wildman–Crippen LogP) is 2.34. The van der Waals surface area contributed by atoms with E-state index in [2.05, 4.69) is 17.4 Å². The van der Waals surface area contributed by atoms with Crippen LogP contribution in [0, 0.1) is 13.8 Å². The van der Waals surface area contributed by atoms with Gasteiger partial charge in [-0.05, 0) is 34.6 Å². The Hall–Kier alpha value is -0.910. The molecular formula is C13H24N2O3. The molecule has 0 bridgehead atoms. The molecule has 1 aromatic heterocycles. The maximum Gasteiger partial charge on any atom is 0.169 e. The number of hydrogen-bond donors (Lipinski definition) is 1. The minimum absolute atomic E-state index is 0.166. The average molecular weight is 256 g/mol. The largest absolute Gasteiger partial charge is 0.361 e. The molecular weight excluding hydrogens is 232 g/mol. The summed E-state index contributed by atoms with van der Waals surface area (Å²) >= 11 is 0. The molecule has 0 fully saturated rings. The number of hydrogen-bond acceptors (Lipinski definition) is 5. The highest BCUT2D eigenvalue weighted by atomic mass is 16.7. The van der Waals surface area contributed by atoms with E-state index in [1.807, 2.05) is 27.7 Å². The van der Waals surface area contributed by atoms with E-state index in [0.29, 0.717) is 19.8 Å². The highest BCUT2D eigenvalue weighted by Gasteiger charge is 2.17. The summed E-state index contributed by atoms with van der Waals surface area (Å²) in [6, 6.07) is 0.166. The van der Waals surface area contributed by atoms with Gasteiger partial charge in [-0.25, -0.2) is 0 Å². The maximum atomic E-state index is 5.49. The zero-order valence-corrected chi connectivity index (χ0v) is 11.9. The van der Waals surface area contributed by atoms with Gasteiger partial charge in [0.25, 0.3) is 0 Å². The van der Waals surface area contributed by atoms with Crippen molar-refractivity contribution in [1.82, 2.24) is 10.5 Å². The Bertz CT molecular complexity index is 327. The van der Waals surface area contributed by atoms with Crippen molar-refractivity contribution >= 4 is 0 Å². The minimum Gasteiger partial charge on any atom is -0.361 e. The smallest absolute Gasteiger partial charge is 0.169 e. The molecule has 0 aromatic carbocycles. The first-order valence-electron chi connectivity index (χ1n) is 6.49. The summed E-state index contributed by atoms with van der Waals surface area (Å²) in [6.45, 7) is 11.8. The molecule has 1 rings (SSSR count). The lowest BCUT2D eigenvalue weighted by Gasteiger charge is -2.20. The monoisotopic (exact) mass is 256 g/mol. The van der Waals surface area contributed by atoms with Crippen LogP contribution in [0.25, 0.3) is 0 Å². The lowest BCUT2D eigenvalue weighted by atomic mass is 10.1. The van der Waals surface area contributed by atoms with Crippen LogP contribution < -0.4 is 5.32 Å². The van der Waals surface area contributed by atoms with Gasteiger partial charge in [0.15, 0.2) is 6.29 Å². The Morgan fingerprint density at radius 3 is 2.28 bits per heavy atom. The van der Waals surface area contributed by atoms with Crippen molar-refractivity contribution in [2.45, 2.75) is 47.0 Å². The van der Waals surface area contributed by atoms with Crippen LogP contribution in [0.4, 0.5) is 0 Å². The van der Waals surface area contributed by atoms with Crippen molar-refractivity contribution in [3.8, 4) is 0 Å². The molecule has 0 amide bonds. The molecule has 0 saturated carbocycles. The van der Waals surface area contributed by atoms with Gasteiger partial charge in [0, 0.05) is 31.4 Å². The fourth-order valence-corrected chi connectivity index (χ4v) is 2.02. The molecule has 104 valence electrons. The summed E-state index contributed by atoms with van der Waals surface area (Å²) in [6.07, 6.45) is -0.206. The standard InChI is InChI=1S/C13H24N2O3/c1-6-16-12(17-7-2)8-14-9(3)13-10(4)15-18-11(13)5/h9,12,14H,6-8H2,1-5H3. The predicted molar refractivity (Wildman–Crippen MR) is 69.4 cm³/mol. The van der Waals surface area contributed by atoms with Crippen LogP contribution in [0.5, 0.6) is 0 Å². The van der Waals surface area contributed by atoms with Gasteiger partial charge in [-0.1, -0.05) is 5.16 Å². The second-order valence-corrected chi connectivity index (χ2v) is 4.21. The lowest BCUT2D eigenvalue weighted by molar-refractivity contribution is -0.133. The topological polar surface area (TPSA) is 56.5 Å². The molecule has 5 nitrogen and oxygen atoms in total. The summed E-state index contributed by atoms with van der Waals surface area (Å²) in [5, 5.41) is 7.35. The Balaban J connectivity index is 2.51. The van der Waals surface area contributed by atoms with Crippen molar-refractivity contribution in [2.24, 2.45) is 0 Å². The fourth-order valence-electron chi connectivity index (χ4n) is 2.02. The molecule has 1 heterocycles. The maximum absolute atomic E-state index is 5.49. The summed E-state index contributed by atoms with van der Waals surface area (Å²) in [4.78, 5) is 0. The highest BCUT2D eigenvalue weighted by molar-refractivity contribution is 5.24. The van der Waals surface area contributed by atoms with Gasteiger partial charge in [-0.2, -0.15) is 0 Å². The fraction of sp³-hybridized carbons (Fsp3) is 0.769. The quantitative estimate of drug-likeness (QED) is 0.723. The Morgan fingerprint density at radius 1 is 1.22 bits per heavy atom. The number of nitrogens with one attached hydrogen (secondary N) is 1. The van der Waals surface area contributed by atoms with Gasteiger partial charge in [0.05, 0.1) is 5.69 Å². The number of nitrogens with zero attached hydrogens (tertiary/aromatic N) is 1. The molecule has 0 aliphatic carbocycles. The molecule has 0 aliphatic heterocycles. The Kier molecular flexibility index (Phi) is 6.32. The van der Waals surface area contributed by atoms with Crippen LogP contribution in [-0.4, -0.2) is 31.2 Å². The van der Waals surface area contributed by atoms with Crippen LogP contribution in [0.1, 0.15) is 43.8 Å². The number of ether oxygens (including phenoxy) is 2. The SMILES string of the molecule is CCOC(CNC(C)c1c(C)noc1C)OCC. The van der Waals surface area contributed by atoms with Crippen molar-refractivity contribution < 1.29 is 14.0 Å². The number of aryl methyl sites for hydroxylation is 2. The van der Waals surface area contributed by atoms with E-state index in [-0.39, 0.29) is 12.3 Å². The third-order valence-corrected chi connectivity index (χ3v) is 2.82. The van der Waals surface area contributed by atoms with Gasteiger partial charge < -0.3 is 19.3 Å². The molecule has 1 atom stereocenters. The molecule has 0 spiro atoms. The molecule has 0 saturated heterocycles. The number of aromatic nitrogens is 1. The summed E-state index contributed by atoms with van der Waals surface area (Å²) in [5.41, 5.74) is 2.04. The van der Waals surface area contributed by atoms with Gasteiger partial charge in [0.2, 0.25) is 0 Å². The molecule has 1 unspecified atom stereocenters. The molecule has 0 aliphatic rings. The second-order valence-electron chi connectivity index (χ2n) is 4.21. The normalized spacial score (nSPS) is 13.2. The highest BCUT2D eigenvalue weighted by Crippen LogP contribution is 2.20. The van der Waals surface area contributed by atoms with Crippen LogP contribution in [0.3, 0.4) is 0 Å². The molecule has 1 aromatic rings. The van der Waals surface area contributed by atoms with Gasteiger partial charge in [0.1, 0.15) is 5.76 Å². The van der Waals surface area contributed by atoms with Crippen molar-refractivity contribution in [2.75, 3.05) is 19.8 Å². The first-order chi connectivity index (χ1) is 8.60. The van der Waals surface area contributed by atoms with Gasteiger partial charge >= 0.3 is 0 Å². The molecule has 18 heavy (non-hydrogen) atoms. The zero-order valence-electron chi connectivity index (χ0n) is 11.9. The van der Waals surface area contributed by atoms with Gasteiger partial charge in [-0.15, -0.1) is 0 Å². The van der Waals surface area contributed by atoms with E-state index >= 15 is 0 Å². The third kappa shape index (κ3) is 4.08. The summed E-state index contributed by atoms with van der Waals surface area (Å²) in [5.74, 6) is 0.858. The first-order valence-corrected chi connectivity index (χ1v) is 6.49. The van der Waals surface area contributed by atoms with E-state index in [9.17, 15) is 0 Å². The van der Waals surface area contributed by atoms with Crippen LogP contribution in [-0.2, 0) is 9.47 Å². The lowest BCUT2D eigenvalue weighted by Crippen LogP contribution is -2.33. The Morgan fingerprint density at radius 2 is 1.83 bits per heavy atom. The van der Waals surface area contributed by atoms with Crippen molar-refractivity contribution in [3.63, 3.8) is 0 Å². The summed E-state index contributed by atoms with van der Waals surface area (Å²) in [7, 11) is 0.